The number of benzene rings is 3. The van der Waals surface area contributed by atoms with Gasteiger partial charge in [-0.05, 0) is 41.5 Å². The number of hydrogen-bond acceptors (Lipinski definition) is 3. The molecule has 3 aromatic carbocycles. The van der Waals surface area contributed by atoms with E-state index in [1.165, 1.54) is 6.92 Å². The first-order valence-electron chi connectivity index (χ1n) is 8.17. The van der Waals surface area contributed by atoms with Crippen LogP contribution in [0, 0.1) is 0 Å². The second-order valence-electron chi connectivity index (χ2n) is 5.82. The molecule has 0 aliphatic rings. The molecule has 26 heavy (non-hydrogen) atoms. The number of nitrogen functional groups attached to an aromatic ring is 1. The van der Waals surface area contributed by atoms with Crippen molar-refractivity contribution in [3.05, 3.63) is 78.9 Å². The van der Waals surface area contributed by atoms with Crippen LogP contribution in [-0.2, 0) is 4.79 Å². The van der Waals surface area contributed by atoms with Gasteiger partial charge in [-0.2, -0.15) is 0 Å². The van der Waals surface area contributed by atoms with Crippen LogP contribution in [0.4, 0.5) is 21.9 Å². The van der Waals surface area contributed by atoms with Gasteiger partial charge in [0.1, 0.15) is 0 Å². The van der Waals surface area contributed by atoms with Gasteiger partial charge in [-0.3, -0.25) is 4.79 Å². The third-order valence-electron chi connectivity index (χ3n) is 3.89. The molecule has 0 aliphatic heterocycles. The quantitative estimate of drug-likeness (QED) is 0.685. The van der Waals surface area contributed by atoms with Gasteiger partial charge in [0.15, 0.2) is 0 Å². The zero-order chi connectivity index (χ0) is 18.5. The molecule has 0 saturated heterocycles. The van der Waals surface area contributed by atoms with Gasteiger partial charge in [-0.15, -0.1) is 0 Å². The second-order valence-corrected chi connectivity index (χ2v) is 5.82. The Kier molecular flexibility index (Phi) is 4.99. The molecule has 3 aromatic rings. The lowest BCUT2D eigenvalue weighted by Gasteiger charge is -2.20. The first kappa shape index (κ1) is 17.2. The Bertz CT molecular complexity index is 922. The van der Waals surface area contributed by atoms with Gasteiger partial charge in [0, 0.05) is 18.3 Å². The number of amides is 3. The molecule has 3 N–H and O–H groups in total. The van der Waals surface area contributed by atoms with Crippen LogP contribution in [-0.4, -0.2) is 11.9 Å². The summed E-state index contributed by atoms with van der Waals surface area (Å²) in [6, 6.07) is 23.5. The molecular formula is C21H19N3O2. The zero-order valence-electron chi connectivity index (χ0n) is 14.3. The maximum atomic E-state index is 12.6. The Hall–Kier alpha value is -3.60. The van der Waals surface area contributed by atoms with Gasteiger partial charge >= 0.3 is 6.03 Å². The van der Waals surface area contributed by atoms with Crippen LogP contribution in [0.5, 0.6) is 0 Å². The molecule has 0 radical (unpaired) electrons. The van der Waals surface area contributed by atoms with Crippen LogP contribution in [0.25, 0.3) is 11.1 Å². The molecule has 0 saturated carbocycles. The summed E-state index contributed by atoms with van der Waals surface area (Å²) in [6.45, 7) is 1.33. The van der Waals surface area contributed by atoms with E-state index >= 15 is 0 Å². The number of carbonyl (C=O) groups excluding carboxylic acids is 2. The van der Waals surface area contributed by atoms with Crippen molar-refractivity contribution in [3.8, 4) is 11.1 Å². The van der Waals surface area contributed by atoms with Crippen LogP contribution in [0.2, 0.25) is 0 Å². The van der Waals surface area contributed by atoms with Crippen LogP contribution in [0.1, 0.15) is 6.92 Å². The summed E-state index contributed by atoms with van der Waals surface area (Å²) in [7, 11) is 0. The van der Waals surface area contributed by atoms with Crippen LogP contribution in [0.3, 0.4) is 0 Å². The average molecular weight is 345 g/mol. The summed E-state index contributed by atoms with van der Waals surface area (Å²) in [4.78, 5) is 25.6. The van der Waals surface area contributed by atoms with Gasteiger partial charge in [0.05, 0.1) is 5.69 Å². The maximum absolute atomic E-state index is 12.6. The van der Waals surface area contributed by atoms with Gasteiger partial charge in [0.2, 0.25) is 5.91 Å². The molecule has 0 bridgehead atoms. The summed E-state index contributed by atoms with van der Waals surface area (Å²) in [5.74, 6) is -0.394. The maximum Gasteiger partial charge on any atom is 0.333 e. The highest BCUT2D eigenvalue weighted by atomic mass is 16.2. The summed E-state index contributed by atoms with van der Waals surface area (Å²) in [6.07, 6.45) is 0. The van der Waals surface area contributed by atoms with E-state index in [0.717, 1.165) is 16.0 Å². The molecule has 3 amide bonds. The Morgan fingerprint density at radius 2 is 1.50 bits per heavy atom. The molecule has 0 spiro atoms. The van der Waals surface area contributed by atoms with E-state index in [1.807, 2.05) is 42.5 Å². The predicted octanol–water partition coefficient (Wildman–Crippen LogP) is 4.52. The minimum absolute atomic E-state index is 0.394. The summed E-state index contributed by atoms with van der Waals surface area (Å²) in [5, 5.41) is 2.75. The SMILES string of the molecule is CC(=O)N(C(=O)Nc1ccc(-c2ccccc2)cc1)c1cccc(N)c1. The van der Waals surface area contributed by atoms with Crippen molar-refractivity contribution in [2.75, 3.05) is 16.0 Å². The Balaban J connectivity index is 1.78. The first-order chi connectivity index (χ1) is 12.5. The normalized spacial score (nSPS) is 10.2. The van der Waals surface area contributed by atoms with Crippen LogP contribution < -0.4 is 16.0 Å². The second kappa shape index (κ2) is 7.53. The lowest BCUT2D eigenvalue weighted by molar-refractivity contribution is -0.115. The molecule has 5 heteroatoms. The lowest BCUT2D eigenvalue weighted by atomic mass is 10.1. The smallest absolute Gasteiger partial charge is 0.333 e. The largest absolute Gasteiger partial charge is 0.399 e. The average Bonchev–Trinajstić information content (AvgIpc) is 2.63. The number of rotatable bonds is 3. The number of nitrogens with two attached hydrogens (primary N) is 1. The topological polar surface area (TPSA) is 75.4 Å². The number of hydrogen-bond donors (Lipinski definition) is 2. The molecular weight excluding hydrogens is 326 g/mol. The van der Waals surface area contributed by atoms with Gasteiger partial charge < -0.3 is 11.1 Å². The fourth-order valence-electron chi connectivity index (χ4n) is 2.66. The monoisotopic (exact) mass is 345 g/mol. The van der Waals surface area contributed by atoms with E-state index in [9.17, 15) is 9.59 Å². The van der Waals surface area contributed by atoms with Crippen molar-refractivity contribution >= 4 is 29.0 Å². The summed E-state index contributed by atoms with van der Waals surface area (Å²) >= 11 is 0. The minimum atomic E-state index is -0.532. The minimum Gasteiger partial charge on any atom is -0.399 e. The summed E-state index contributed by atoms with van der Waals surface area (Å²) in [5.41, 5.74) is 9.40. The van der Waals surface area contributed by atoms with Crippen molar-refractivity contribution in [1.82, 2.24) is 0 Å². The third-order valence-corrected chi connectivity index (χ3v) is 3.89. The van der Waals surface area contributed by atoms with Crippen molar-refractivity contribution in [2.24, 2.45) is 0 Å². The molecule has 0 fully saturated rings. The molecule has 0 aliphatic carbocycles. The highest BCUT2D eigenvalue weighted by Crippen LogP contribution is 2.22. The van der Waals surface area contributed by atoms with Gasteiger partial charge in [0.25, 0.3) is 0 Å². The van der Waals surface area contributed by atoms with Crippen molar-refractivity contribution < 1.29 is 9.59 Å². The number of urea groups is 1. The van der Waals surface area contributed by atoms with Crippen molar-refractivity contribution in [1.29, 1.82) is 0 Å². The Morgan fingerprint density at radius 3 is 2.12 bits per heavy atom. The number of anilines is 3. The van der Waals surface area contributed by atoms with Crippen LogP contribution in [0.15, 0.2) is 78.9 Å². The standard InChI is InChI=1S/C21H19N3O2/c1-15(25)24(20-9-5-8-18(22)14-20)21(26)23-19-12-10-17(11-13-19)16-6-3-2-4-7-16/h2-14H,22H2,1H3,(H,23,26). The first-order valence-corrected chi connectivity index (χ1v) is 8.17. The Morgan fingerprint density at radius 1 is 0.846 bits per heavy atom. The highest BCUT2D eigenvalue weighted by Gasteiger charge is 2.20. The number of imide groups is 1. The molecule has 0 aromatic heterocycles. The van der Waals surface area contributed by atoms with E-state index in [4.69, 9.17) is 5.73 Å². The van der Waals surface area contributed by atoms with Gasteiger partial charge in [-0.1, -0.05) is 48.5 Å². The summed E-state index contributed by atoms with van der Waals surface area (Å²) < 4.78 is 0. The van der Waals surface area contributed by atoms with Crippen molar-refractivity contribution in [3.63, 3.8) is 0 Å². The number of nitrogens with one attached hydrogen (secondary N) is 1. The van der Waals surface area contributed by atoms with E-state index in [0.29, 0.717) is 17.1 Å². The lowest BCUT2D eigenvalue weighted by Crippen LogP contribution is -2.38. The van der Waals surface area contributed by atoms with E-state index < -0.39 is 11.9 Å². The molecule has 5 nitrogen and oxygen atoms in total. The fraction of sp³-hybridized carbons (Fsp3) is 0.0476. The molecule has 130 valence electrons. The van der Waals surface area contributed by atoms with Gasteiger partial charge in [-0.25, -0.2) is 9.69 Å². The van der Waals surface area contributed by atoms with Crippen LogP contribution >= 0.6 is 0 Å². The highest BCUT2D eigenvalue weighted by molar-refractivity contribution is 6.18. The molecule has 0 heterocycles. The zero-order valence-corrected chi connectivity index (χ0v) is 14.3. The van der Waals surface area contributed by atoms with E-state index in [1.54, 1.807) is 36.4 Å². The molecule has 0 atom stereocenters. The fourth-order valence-corrected chi connectivity index (χ4v) is 2.66. The number of carbonyl (C=O) groups is 2. The number of nitrogens with zero attached hydrogens (tertiary/aromatic N) is 1. The third kappa shape index (κ3) is 3.89. The molecule has 0 unspecified atom stereocenters. The Labute approximate surface area is 152 Å². The molecule has 3 rings (SSSR count). The predicted molar refractivity (Wildman–Crippen MR) is 105 cm³/mol. The van der Waals surface area contributed by atoms with Crippen molar-refractivity contribution in [2.45, 2.75) is 6.92 Å². The van der Waals surface area contributed by atoms with E-state index in [2.05, 4.69) is 5.32 Å². The van der Waals surface area contributed by atoms with E-state index in [-0.39, 0.29) is 0 Å².